The Kier molecular flexibility index (Phi) is 3.19. The van der Waals surface area contributed by atoms with Gasteiger partial charge in [-0.3, -0.25) is 4.90 Å². The Bertz CT molecular complexity index is 321. The first kappa shape index (κ1) is 10.4. The van der Waals surface area contributed by atoms with E-state index in [2.05, 4.69) is 23.6 Å². The largest absolute Gasteiger partial charge is 0.323 e. The molecular formula is C13H18N2. The van der Waals surface area contributed by atoms with E-state index in [-0.39, 0.29) is 6.04 Å². The minimum Gasteiger partial charge on any atom is -0.323 e. The van der Waals surface area contributed by atoms with Gasteiger partial charge in [0.15, 0.2) is 0 Å². The Morgan fingerprint density at radius 3 is 2.73 bits per heavy atom. The van der Waals surface area contributed by atoms with Crippen LogP contribution in [0.5, 0.6) is 0 Å². The summed E-state index contributed by atoms with van der Waals surface area (Å²) in [5.74, 6) is 0. The molecular weight excluding hydrogens is 184 g/mol. The summed E-state index contributed by atoms with van der Waals surface area (Å²) in [5.41, 5.74) is 7.48. The quantitative estimate of drug-likeness (QED) is 0.756. The van der Waals surface area contributed by atoms with Crippen LogP contribution < -0.4 is 5.73 Å². The maximum Gasteiger partial charge on any atom is 0.0453 e. The first-order chi connectivity index (χ1) is 7.33. The molecule has 2 heteroatoms. The van der Waals surface area contributed by atoms with Gasteiger partial charge >= 0.3 is 0 Å². The molecule has 80 valence electrons. The summed E-state index contributed by atoms with van der Waals surface area (Å²) in [4.78, 5) is 2.38. The van der Waals surface area contributed by atoms with Crippen molar-refractivity contribution >= 4 is 0 Å². The SMILES string of the molecule is C=CCN1CC[C@H]1[C@@H](N)c1ccccc1. The summed E-state index contributed by atoms with van der Waals surface area (Å²) < 4.78 is 0. The molecule has 0 amide bonds. The van der Waals surface area contributed by atoms with Crippen molar-refractivity contribution in [1.29, 1.82) is 0 Å². The zero-order valence-electron chi connectivity index (χ0n) is 8.97. The average molecular weight is 202 g/mol. The van der Waals surface area contributed by atoms with Gasteiger partial charge in [0.2, 0.25) is 0 Å². The summed E-state index contributed by atoms with van der Waals surface area (Å²) in [5, 5.41) is 0. The monoisotopic (exact) mass is 202 g/mol. The van der Waals surface area contributed by atoms with Crippen molar-refractivity contribution in [3.05, 3.63) is 48.6 Å². The van der Waals surface area contributed by atoms with Gasteiger partial charge in [-0.1, -0.05) is 36.4 Å². The molecule has 1 fully saturated rings. The Balaban J connectivity index is 2.02. The molecule has 0 aromatic heterocycles. The van der Waals surface area contributed by atoms with Crippen molar-refractivity contribution in [3.63, 3.8) is 0 Å². The number of nitrogens with two attached hydrogens (primary N) is 1. The van der Waals surface area contributed by atoms with Crippen molar-refractivity contribution in [2.24, 2.45) is 5.73 Å². The van der Waals surface area contributed by atoms with E-state index in [0.29, 0.717) is 6.04 Å². The molecule has 1 aliphatic rings. The summed E-state index contributed by atoms with van der Waals surface area (Å²) in [6.07, 6.45) is 3.15. The summed E-state index contributed by atoms with van der Waals surface area (Å²) in [7, 11) is 0. The van der Waals surface area contributed by atoms with Crippen LogP contribution in [-0.2, 0) is 0 Å². The smallest absolute Gasteiger partial charge is 0.0453 e. The predicted octanol–water partition coefficient (Wildman–Crippen LogP) is 1.95. The molecule has 0 spiro atoms. The Morgan fingerprint density at radius 1 is 1.47 bits per heavy atom. The van der Waals surface area contributed by atoms with Gasteiger partial charge in [-0.2, -0.15) is 0 Å². The van der Waals surface area contributed by atoms with E-state index in [9.17, 15) is 0 Å². The molecule has 1 heterocycles. The highest BCUT2D eigenvalue weighted by molar-refractivity contribution is 5.21. The third-order valence-electron chi connectivity index (χ3n) is 3.14. The van der Waals surface area contributed by atoms with Gasteiger partial charge < -0.3 is 5.73 Å². The average Bonchev–Trinajstić information content (AvgIpc) is 2.25. The van der Waals surface area contributed by atoms with E-state index in [1.54, 1.807) is 0 Å². The van der Waals surface area contributed by atoms with Crippen LogP contribution in [0.1, 0.15) is 18.0 Å². The molecule has 1 aromatic carbocycles. The van der Waals surface area contributed by atoms with Gasteiger partial charge in [0.25, 0.3) is 0 Å². The fourth-order valence-electron chi connectivity index (χ4n) is 2.16. The van der Waals surface area contributed by atoms with Crippen LogP contribution in [0.2, 0.25) is 0 Å². The zero-order chi connectivity index (χ0) is 10.7. The second-order valence-electron chi connectivity index (χ2n) is 4.08. The van der Waals surface area contributed by atoms with Crippen LogP contribution in [-0.4, -0.2) is 24.0 Å². The van der Waals surface area contributed by atoms with Crippen LogP contribution in [0.15, 0.2) is 43.0 Å². The molecule has 1 aromatic rings. The number of nitrogens with zero attached hydrogens (tertiary/aromatic N) is 1. The van der Waals surface area contributed by atoms with E-state index in [4.69, 9.17) is 5.73 Å². The summed E-state index contributed by atoms with van der Waals surface area (Å²) in [6.45, 7) is 5.87. The molecule has 0 bridgehead atoms. The first-order valence-corrected chi connectivity index (χ1v) is 5.48. The van der Waals surface area contributed by atoms with E-state index in [1.165, 1.54) is 12.0 Å². The molecule has 2 atom stereocenters. The lowest BCUT2D eigenvalue weighted by Crippen LogP contribution is -2.52. The van der Waals surface area contributed by atoms with Gasteiger partial charge in [0.1, 0.15) is 0 Å². The van der Waals surface area contributed by atoms with Crippen LogP contribution in [0.4, 0.5) is 0 Å². The molecule has 2 N–H and O–H groups in total. The normalized spacial score (nSPS) is 23.1. The molecule has 1 aliphatic heterocycles. The highest BCUT2D eigenvalue weighted by Crippen LogP contribution is 2.27. The fraction of sp³-hybridized carbons (Fsp3) is 0.385. The molecule has 0 aliphatic carbocycles. The number of rotatable bonds is 4. The van der Waals surface area contributed by atoms with E-state index >= 15 is 0 Å². The van der Waals surface area contributed by atoms with Gasteiger partial charge in [-0.05, 0) is 12.0 Å². The topological polar surface area (TPSA) is 29.3 Å². The van der Waals surface area contributed by atoms with Crippen LogP contribution in [0.3, 0.4) is 0 Å². The second kappa shape index (κ2) is 4.60. The summed E-state index contributed by atoms with van der Waals surface area (Å²) >= 11 is 0. The lowest BCUT2D eigenvalue weighted by Gasteiger charge is -2.43. The number of hydrogen-bond donors (Lipinski definition) is 1. The van der Waals surface area contributed by atoms with Crippen molar-refractivity contribution < 1.29 is 0 Å². The second-order valence-corrected chi connectivity index (χ2v) is 4.08. The lowest BCUT2D eigenvalue weighted by molar-refractivity contribution is 0.0843. The molecule has 0 radical (unpaired) electrons. The minimum atomic E-state index is 0.139. The van der Waals surface area contributed by atoms with E-state index < -0.39 is 0 Å². The van der Waals surface area contributed by atoms with E-state index in [1.807, 2.05) is 24.3 Å². The third-order valence-corrected chi connectivity index (χ3v) is 3.14. The lowest BCUT2D eigenvalue weighted by atomic mass is 9.90. The Morgan fingerprint density at radius 2 is 2.20 bits per heavy atom. The third kappa shape index (κ3) is 2.11. The number of benzene rings is 1. The van der Waals surface area contributed by atoms with Gasteiger partial charge in [-0.15, -0.1) is 6.58 Å². The van der Waals surface area contributed by atoms with Crippen molar-refractivity contribution in [1.82, 2.24) is 4.90 Å². The standard InChI is InChI=1S/C13H18N2/c1-2-9-15-10-8-12(15)13(14)11-6-4-3-5-7-11/h2-7,12-13H,1,8-10,14H2/t12-,13-/m0/s1. The fourth-order valence-corrected chi connectivity index (χ4v) is 2.16. The Hall–Kier alpha value is -1.12. The highest BCUT2D eigenvalue weighted by atomic mass is 15.2. The minimum absolute atomic E-state index is 0.139. The molecule has 2 rings (SSSR count). The van der Waals surface area contributed by atoms with Gasteiger partial charge in [0, 0.05) is 25.2 Å². The van der Waals surface area contributed by atoms with Gasteiger partial charge in [-0.25, -0.2) is 0 Å². The van der Waals surface area contributed by atoms with Crippen molar-refractivity contribution in [2.75, 3.05) is 13.1 Å². The summed E-state index contributed by atoms with van der Waals surface area (Å²) in [6, 6.07) is 11.0. The van der Waals surface area contributed by atoms with Crippen LogP contribution in [0.25, 0.3) is 0 Å². The van der Waals surface area contributed by atoms with Crippen molar-refractivity contribution in [3.8, 4) is 0 Å². The first-order valence-electron chi connectivity index (χ1n) is 5.48. The maximum atomic E-state index is 6.24. The predicted molar refractivity (Wildman–Crippen MR) is 63.5 cm³/mol. The maximum absolute atomic E-state index is 6.24. The number of hydrogen-bond acceptors (Lipinski definition) is 2. The molecule has 0 unspecified atom stereocenters. The highest BCUT2D eigenvalue weighted by Gasteiger charge is 2.32. The van der Waals surface area contributed by atoms with Crippen molar-refractivity contribution in [2.45, 2.75) is 18.5 Å². The molecule has 15 heavy (non-hydrogen) atoms. The Labute approximate surface area is 91.4 Å². The van der Waals surface area contributed by atoms with E-state index in [0.717, 1.165) is 13.1 Å². The zero-order valence-corrected chi connectivity index (χ0v) is 8.97. The van der Waals surface area contributed by atoms with Crippen LogP contribution in [0, 0.1) is 0 Å². The van der Waals surface area contributed by atoms with Gasteiger partial charge in [0.05, 0.1) is 0 Å². The molecule has 2 nitrogen and oxygen atoms in total. The molecule has 1 saturated heterocycles. The number of likely N-dealkylation sites (tertiary alicyclic amines) is 1. The van der Waals surface area contributed by atoms with Crippen LogP contribution >= 0.6 is 0 Å². The molecule has 0 saturated carbocycles.